The third-order valence-electron chi connectivity index (χ3n) is 3.87. The minimum Gasteiger partial charge on any atom is -0.444 e. The van der Waals surface area contributed by atoms with Gasteiger partial charge >= 0.3 is 0 Å². The zero-order valence-electron chi connectivity index (χ0n) is 11.5. The maximum Gasteiger partial charge on any atom is 0.208 e. The van der Waals surface area contributed by atoms with Gasteiger partial charge in [0.2, 0.25) is 5.89 Å². The average molecular weight is 260 g/mol. The molecule has 0 aliphatic carbocycles. The van der Waals surface area contributed by atoms with E-state index in [4.69, 9.17) is 4.42 Å². The van der Waals surface area contributed by atoms with Gasteiger partial charge < -0.3 is 4.42 Å². The minimum atomic E-state index is 0.535. The molecule has 0 aromatic carbocycles. The predicted octanol–water partition coefficient (Wildman–Crippen LogP) is 2.15. The topological polar surface area (TPSA) is 47.1 Å². The Balaban J connectivity index is 1.66. The Bertz CT molecular complexity index is 512. The molecular formula is C14H20N4O. The van der Waals surface area contributed by atoms with E-state index in [9.17, 15) is 0 Å². The van der Waals surface area contributed by atoms with Crippen LogP contribution in [0.25, 0.3) is 0 Å². The fourth-order valence-corrected chi connectivity index (χ4v) is 2.71. The first-order valence-electron chi connectivity index (χ1n) is 6.87. The van der Waals surface area contributed by atoms with Gasteiger partial charge in [-0.05, 0) is 39.3 Å². The number of aryl methyl sites for hydroxylation is 2. The fraction of sp³-hybridized carbons (Fsp3) is 0.571. The number of likely N-dealkylation sites (tertiary alicyclic amines) is 1. The van der Waals surface area contributed by atoms with Gasteiger partial charge in [0.15, 0.2) is 0 Å². The zero-order chi connectivity index (χ0) is 13.2. The van der Waals surface area contributed by atoms with Crippen LogP contribution in [0.5, 0.6) is 0 Å². The molecule has 5 nitrogen and oxygen atoms in total. The molecule has 19 heavy (non-hydrogen) atoms. The summed E-state index contributed by atoms with van der Waals surface area (Å²) in [7, 11) is 0. The first-order valence-corrected chi connectivity index (χ1v) is 6.87. The summed E-state index contributed by atoms with van der Waals surface area (Å²) >= 11 is 0. The second-order valence-electron chi connectivity index (χ2n) is 5.24. The Kier molecular flexibility index (Phi) is 3.38. The van der Waals surface area contributed by atoms with Crippen molar-refractivity contribution in [2.45, 2.75) is 45.8 Å². The molecule has 1 aliphatic heterocycles. The molecule has 5 heteroatoms. The SMILES string of the molecule is Cc1nc(CN2CCCC2Cn2cccn2)oc1C. The van der Waals surface area contributed by atoms with E-state index in [1.165, 1.54) is 12.8 Å². The highest BCUT2D eigenvalue weighted by Gasteiger charge is 2.26. The van der Waals surface area contributed by atoms with Gasteiger partial charge in [-0.2, -0.15) is 5.10 Å². The van der Waals surface area contributed by atoms with Gasteiger partial charge in [-0.1, -0.05) is 0 Å². The summed E-state index contributed by atoms with van der Waals surface area (Å²) in [6.45, 7) is 6.84. The maximum atomic E-state index is 5.68. The van der Waals surface area contributed by atoms with Crippen molar-refractivity contribution in [2.75, 3.05) is 6.54 Å². The van der Waals surface area contributed by atoms with E-state index in [1.807, 2.05) is 37.0 Å². The van der Waals surface area contributed by atoms with Crippen molar-refractivity contribution < 1.29 is 4.42 Å². The van der Waals surface area contributed by atoms with E-state index in [-0.39, 0.29) is 0 Å². The first kappa shape index (κ1) is 12.4. The largest absolute Gasteiger partial charge is 0.444 e. The van der Waals surface area contributed by atoms with Crippen LogP contribution in [0.1, 0.15) is 30.2 Å². The number of oxazole rings is 1. The van der Waals surface area contributed by atoms with Crippen LogP contribution in [0.4, 0.5) is 0 Å². The molecule has 1 aliphatic rings. The van der Waals surface area contributed by atoms with Crippen LogP contribution in [0, 0.1) is 13.8 Å². The Morgan fingerprint density at radius 1 is 1.42 bits per heavy atom. The molecule has 1 saturated heterocycles. The summed E-state index contributed by atoms with van der Waals surface area (Å²) in [5, 5.41) is 4.29. The van der Waals surface area contributed by atoms with Crippen LogP contribution in [0.3, 0.4) is 0 Å². The van der Waals surface area contributed by atoms with Gasteiger partial charge in [-0.25, -0.2) is 4.98 Å². The van der Waals surface area contributed by atoms with Gasteiger partial charge in [0, 0.05) is 18.4 Å². The molecule has 3 heterocycles. The normalized spacial score (nSPS) is 20.2. The average Bonchev–Trinajstić information content (AvgIpc) is 3.07. The number of rotatable bonds is 4. The van der Waals surface area contributed by atoms with Crippen LogP contribution >= 0.6 is 0 Å². The number of aromatic nitrogens is 3. The molecule has 0 saturated carbocycles. The first-order chi connectivity index (χ1) is 9.22. The van der Waals surface area contributed by atoms with E-state index in [0.717, 1.165) is 37.0 Å². The Morgan fingerprint density at radius 3 is 3.00 bits per heavy atom. The third kappa shape index (κ3) is 2.71. The standard InChI is InChI=1S/C14H20N4O/c1-11-12(2)19-14(16-11)10-17-7-3-5-13(17)9-18-8-4-6-15-18/h4,6,8,13H,3,5,7,9-10H2,1-2H3. The van der Waals surface area contributed by atoms with E-state index in [0.29, 0.717) is 6.04 Å². The molecule has 1 unspecified atom stereocenters. The monoisotopic (exact) mass is 260 g/mol. The molecule has 1 fully saturated rings. The Morgan fingerprint density at radius 2 is 2.32 bits per heavy atom. The van der Waals surface area contributed by atoms with Gasteiger partial charge in [-0.15, -0.1) is 0 Å². The lowest BCUT2D eigenvalue weighted by Gasteiger charge is -2.22. The van der Waals surface area contributed by atoms with Crippen molar-refractivity contribution in [3.63, 3.8) is 0 Å². The van der Waals surface area contributed by atoms with Crippen molar-refractivity contribution in [3.8, 4) is 0 Å². The van der Waals surface area contributed by atoms with E-state index in [1.54, 1.807) is 0 Å². The zero-order valence-corrected chi connectivity index (χ0v) is 11.5. The number of nitrogens with zero attached hydrogens (tertiary/aromatic N) is 4. The number of hydrogen-bond donors (Lipinski definition) is 0. The lowest BCUT2D eigenvalue weighted by Crippen LogP contribution is -2.32. The molecular weight excluding hydrogens is 240 g/mol. The van der Waals surface area contributed by atoms with Crippen LogP contribution in [0.15, 0.2) is 22.9 Å². The summed E-state index contributed by atoms with van der Waals surface area (Å²) in [5.74, 6) is 1.76. The smallest absolute Gasteiger partial charge is 0.208 e. The second kappa shape index (κ2) is 5.17. The lowest BCUT2D eigenvalue weighted by atomic mass is 10.2. The molecule has 0 N–H and O–H groups in total. The van der Waals surface area contributed by atoms with Gasteiger partial charge in [0.1, 0.15) is 5.76 Å². The molecule has 3 rings (SSSR count). The number of hydrogen-bond acceptors (Lipinski definition) is 4. The molecule has 102 valence electrons. The molecule has 1 atom stereocenters. The molecule has 2 aromatic heterocycles. The van der Waals surface area contributed by atoms with E-state index in [2.05, 4.69) is 15.0 Å². The fourth-order valence-electron chi connectivity index (χ4n) is 2.71. The molecule has 0 spiro atoms. The summed E-state index contributed by atoms with van der Waals surface area (Å²) < 4.78 is 7.69. The van der Waals surface area contributed by atoms with E-state index < -0.39 is 0 Å². The van der Waals surface area contributed by atoms with Crippen molar-refractivity contribution in [1.29, 1.82) is 0 Å². The van der Waals surface area contributed by atoms with Crippen molar-refractivity contribution in [1.82, 2.24) is 19.7 Å². The van der Waals surface area contributed by atoms with Crippen LogP contribution in [0.2, 0.25) is 0 Å². The Labute approximate surface area is 113 Å². The second-order valence-corrected chi connectivity index (χ2v) is 5.24. The third-order valence-corrected chi connectivity index (χ3v) is 3.87. The van der Waals surface area contributed by atoms with Crippen LogP contribution in [-0.2, 0) is 13.1 Å². The van der Waals surface area contributed by atoms with Crippen LogP contribution < -0.4 is 0 Å². The summed E-state index contributed by atoms with van der Waals surface area (Å²) in [4.78, 5) is 6.93. The lowest BCUT2D eigenvalue weighted by molar-refractivity contribution is 0.199. The van der Waals surface area contributed by atoms with E-state index >= 15 is 0 Å². The molecule has 2 aromatic rings. The predicted molar refractivity (Wildman–Crippen MR) is 71.6 cm³/mol. The molecule has 0 bridgehead atoms. The van der Waals surface area contributed by atoms with Gasteiger partial charge in [-0.3, -0.25) is 9.58 Å². The highest BCUT2D eigenvalue weighted by Crippen LogP contribution is 2.21. The highest BCUT2D eigenvalue weighted by atomic mass is 16.4. The van der Waals surface area contributed by atoms with Crippen molar-refractivity contribution >= 4 is 0 Å². The van der Waals surface area contributed by atoms with Gasteiger partial charge in [0.05, 0.1) is 18.8 Å². The molecule has 0 radical (unpaired) electrons. The maximum absolute atomic E-state index is 5.68. The minimum absolute atomic E-state index is 0.535. The van der Waals surface area contributed by atoms with Gasteiger partial charge in [0.25, 0.3) is 0 Å². The quantitative estimate of drug-likeness (QED) is 0.845. The summed E-state index contributed by atoms with van der Waals surface area (Å²) in [6, 6.07) is 2.51. The highest BCUT2D eigenvalue weighted by molar-refractivity contribution is 5.05. The van der Waals surface area contributed by atoms with Crippen LogP contribution in [-0.4, -0.2) is 32.3 Å². The molecule has 0 amide bonds. The summed E-state index contributed by atoms with van der Waals surface area (Å²) in [5.41, 5.74) is 0.998. The Hall–Kier alpha value is -1.62. The van der Waals surface area contributed by atoms with Crippen molar-refractivity contribution in [3.05, 3.63) is 35.8 Å². The van der Waals surface area contributed by atoms with Crippen molar-refractivity contribution in [2.24, 2.45) is 0 Å². The summed E-state index contributed by atoms with van der Waals surface area (Å²) in [6.07, 6.45) is 6.32.